The van der Waals surface area contributed by atoms with Crippen LogP contribution in [0.25, 0.3) is 0 Å². The second-order valence-electron chi connectivity index (χ2n) is 15.6. The SMILES string of the molecule is CCCCCCCCc1ccc(N=C(C)C=Nc2cc(CC)c(CCCCCCCC)c(CCCCCCCC)c2)cc1CCCCCCCC. The van der Waals surface area contributed by atoms with Crippen LogP contribution in [0, 0.1) is 0 Å². The van der Waals surface area contributed by atoms with E-state index >= 15 is 0 Å². The number of nitrogens with zero attached hydrogens (tertiary/aromatic N) is 2. The molecule has 0 amide bonds. The van der Waals surface area contributed by atoms with Crippen LogP contribution < -0.4 is 0 Å². The summed E-state index contributed by atoms with van der Waals surface area (Å²) in [6, 6.07) is 11.8. The number of hydrogen-bond donors (Lipinski definition) is 0. The second-order valence-corrected chi connectivity index (χ2v) is 15.6. The van der Waals surface area contributed by atoms with Crippen molar-refractivity contribution < 1.29 is 0 Å². The van der Waals surface area contributed by atoms with Gasteiger partial charge in [-0.15, -0.1) is 0 Å². The minimum Gasteiger partial charge on any atom is -0.255 e. The average Bonchev–Trinajstić information content (AvgIpc) is 3.14. The van der Waals surface area contributed by atoms with E-state index in [1.807, 2.05) is 6.21 Å². The monoisotopic (exact) mass is 699 g/mol. The standard InChI is InChI=1S/C49H82N2/c1-7-12-16-20-24-28-32-44-36-37-47(39-45(44)33-29-25-21-17-13-8-2)51-42(6)41-50-48-38-43(11-5)49(35-31-27-23-19-15-10-4)46(40-48)34-30-26-22-18-14-9-3/h36-41H,7-35H2,1-6H3. The highest BCUT2D eigenvalue weighted by Crippen LogP contribution is 2.28. The molecule has 2 heteroatoms. The van der Waals surface area contributed by atoms with Crippen LogP contribution in [0.15, 0.2) is 40.3 Å². The molecular formula is C49H82N2. The van der Waals surface area contributed by atoms with Gasteiger partial charge in [-0.3, -0.25) is 9.98 Å². The summed E-state index contributed by atoms with van der Waals surface area (Å²) < 4.78 is 0. The zero-order valence-corrected chi connectivity index (χ0v) is 34.9. The molecule has 0 aliphatic rings. The molecule has 0 radical (unpaired) electrons. The molecule has 0 aliphatic carbocycles. The molecule has 0 atom stereocenters. The minimum atomic E-state index is 0.982. The lowest BCUT2D eigenvalue weighted by molar-refractivity contribution is 0.598. The fourth-order valence-corrected chi connectivity index (χ4v) is 7.64. The van der Waals surface area contributed by atoms with Gasteiger partial charge in [0.05, 0.1) is 17.1 Å². The van der Waals surface area contributed by atoms with Crippen molar-refractivity contribution in [1.82, 2.24) is 0 Å². The number of rotatable bonds is 32. The first-order chi connectivity index (χ1) is 25.1. The Kier molecular flexibility index (Phi) is 26.7. The third-order valence-corrected chi connectivity index (χ3v) is 10.9. The van der Waals surface area contributed by atoms with Crippen molar-refractivity contribution in [3.05, 3.63) is 58.1 Å². The Bertz CT molecular complexity index is 1200. The Hall–Kier alpha value is -2.22. The molecule has 0 bridgehead atoms. The smallest absolute Gasteiger partial charge is 0.0636 e. The van der Waals surface area contributed by atoms with E-state index in [1.54, 1.807) is 16.7 Å². The van der Waals surface area contributed by atoms with Crippen LogP contribution in [-0.2, 0) is 32.1 Å². The fraction of sp³-hybridized carbons (Fsp3) is 0.714. The molecule has 0 heterocycles. The summed E-state index contributed by atoms with van der Waals surface area (Å²) >= 11 is 0. The summed E-state index contributed by atoms with van der Waals surface area (Å²) in [6.07, 6.45) is 40.3. The van der Waals surface area contributed by atoms with Crippen LogP contribution in [-0.4, -0.2) is 11.9 Å². The van der Waals surface area contributed by atoms with E-state index in [1.165, 1.54) is 191 Å². The van der Waals surface area contributed by atoms with Crippen molar-refractivity contribution in [2.45, 2.75) is 228 Å². The van der Waals surface area contributed by atoms with Crippen LogP contribution in [0.5, 0.6) is 0 Å². The van der Waals surface area contributed by atoms with Crippen molar-refractivity contribution in [2.24, 2.45) is 9.98 Å². The third-order valence-electron chi connectivity index (χ3n) is 10.9. The predicted molar refractivity (Wildman–Crippen MR) is 232 cm³/mol. The van der Waals surface area contributed by atoms with E-state index < -0.39 is 0 Å². The van der Waals surface area contributed by atoms with Gasteiger partial charge in [-0.25, -0.2) is 0 Å². The van der Waals surface area contributed by atoms with Crippen molar-refractivity contribution in [2.75, 3.05) is 0 Å². The van der Waals surface area contributed by atoms with Crippen LogP contribution in [0.3, 0.4) is 0 Å². The maximum Gasteiger partial charge on any atom is 0.0636 e. The van der Waals surface area contributed by atoms with Crippen molar-refractivity contribution in [3.8, 4) is 0 Å². The van der Waals surface area contributed by atoms with Gasteiger partial charge in [-0.2, -0.15) is 0 Å². The molecule has 51 heavy (non-hydrogen) atoms. The van der Waals surface area contributed by atoms with Gasteiger partial charge >= 0.3 is 0 Å². The lowest BCUT2D eigenvalue weighted by Crippen LogP contribution is -2.02. The van der Waals surface area contributed by atoms with Gasteiger partial charge in [0, 0.05) is 6.21 Å². The highest BCUT2D eigenvalue weighted by molar-refractivity contribution is 6.30. The normalized spacial score (nSPS) is 12.1. The lowest BCUT2D eigenvalue weighted by atomic mass is 9.90. The Labute approximate surface area is 318 Å². The molecule has 0 saturated heterocycles. The number of aryl methyl sites for hydroxylation is 4. The summed E-state index contributed by atoms with van der Waals surface area (Å²) in [4.78, 5) is 10.1. The van der Waals surface area contributed by atoms with E-state index in [-0.39, 0.29) is 0 Å². The van der Waals surface area contributed by atoms with Gasteiger partial charge in [0.1, 0.15) is 0 Å². The number of aliphatic imine (C=N–C) groups is 2. The van der Waals surface area contributed by atoms with Gasteiger partial charge in [0.15, 0.2) is 0 Å². The quantitative estimate of drug-likeness (QED) is 0.0537. The Morgan fingerprint density at radius 1 is 0.431 bits per heavy atom. The molecule has 0 unspecified atom stereocenters. The summed E-state index contributed by atoms with van der Waals surface area (Å²) in [6.45, 7) is 13.7. The van der Waals surface area contributed by atoms with Crippen molar-refractivity contribution in [3.63, 3.8) is 0 Å². The molecule has 0 spiro atoms. The van der Waals surface area contributed by atoms with Gasteiger partial charge < -0.3 is 0 Å². The first-order valence-corrected chi connectivity index (χ1v) is 22.4. The summed E-state index contributed by atoms with van der Waals surface area (Å²) in [7, 11) is 0. The molecular weight excluding hydrogens is 617 g/mol. The molecule has 0 N–H and O–H groups in total. The fourth-order valence-electron chi connectivity index (χ4n) is 7.64. The number of unbranched alkanes of at least 4 members (excludes halogenated alkanes) is 20. The van der Waals surface area contributed by atoms with Gasteiger partial charge in [-0.1, -0.05) is 169 Å². The maximum atomic E-state index is 5.08. The largest absolute Gasteiger partial charge is 0.255 e. The second kappa shape index (κ2) is 30.3. The molecule has 2 aromatic rings. The van der Waals surface area contributed by atoms with E-state index in [0.29, 0.717) is 0 Å². The molecule has 0 aromatic heterocycles. The molecule has 2 nitrogen and oxygen atoms in total. The average molecular weight is 699 g/mol. The number of hydrogen-bond acceptors (Lipinski definition) is 2. The number of benzene rings is 2. The van der Waals surface area contributed by atoms with Gasteiger partial charge in [0.25, 0.3) is 0 Å². The Morgan fingerprint density at radius 2 is 0.843 bits per heavy atom. The summed E-state index contributed by atoms with van der Waals surface area (Å²) in [5, 5.41) is 0. The van der Waals surface area contributed by atoms with Crippen LogP contribution in [0.4, 0.5) is 11.4 Å². The molecule has 2 rings (SSSR count). The zero-order chi connectivity index (χ0) is 36.8. The Balaban J connectivity index is 2.19. The van der Waals surface area contributed by atoms with Crippen LogP contribution in [0.2, 0.25) is 0 Å². The summed E-state index contributed by atoms with van der Waals surface area (Å²) in [5.41, 5.74) is 10.9. The lowest BCUT2D eigenvalue weighted by Gasteiger charge is -2.16. The summed E-state index contributed by atoms with van der Waals surface area (Å²) in [5.74, 6) is 0. The topological polar surface area (TPSA) is 24.7 Å². The molecule has 288 valence electrons. The molecule has 0 fully saturated rings. The first kappa shape index (κ1) is 44.9. The maximum absolute atomic E-state index is 5.08. The molecule has 0 saturated carbocycles. The molecule has 0 aliphatic heterocycles. The third kappa shape index (κ3) is 20.6. The van der Waals surface area contributed by atoms with E-state index in [4.69, 9.17) is 9.98 Å². The first-order valence-electron chi connectivity index (χ1n) is 22.4. The van der Waals surface area contributed by atoms with Crippen LogP contribution in [0.1, 0.15) is 223 Å². The molecule has 2 aromatic carbocycles. The zero-order valence-electron chi connectivity index (χ0n) is 34.9. The van der Waals surface area contributed by atoms with Gasteiger partial charge in [0.2, 0.25) is 0 Å². The Morgan fingerprint density at radius 3 is 1.35 bits per heavy atom. The minimum absolute atomic E-state index is 0.982. The highest BCUT2D eigenvalue weighted by Gasteiger charge is 2.11. The van der Waals surface area contributed by atoms with E-state index in [9.17, 15) is 0 Å². The predicted octanol–water partition coefficient (Wildman–Crippen LogP) is 16.4. The van der Waals surface area contributed by atoms with Crippen LogP contribution >= 0.6 is 0 Å². The highest BCUT2D eigenvalue weighted by atomic mass is 14.8. The van der Waals surface area contributed by atoms with E-state index in [0.717, 1.165) is 23.5 Å². The van der Waals surface area contributed by atoms with Gasteiger partial charge in [-0.05, 0) is 117 Å². The van der Waals surface area contributed by atoms with Crippen molar-refractivity contribution >= 4 is 23.3 Å². The van der Waals surface area contributed by atoms with Crippen molar-refractivity contribution in [1.29, 1.82) is 0 Å². The van der Waals surface area contributed by atoms with E-state index in [2.05, 4.69) is 71.9 Å².